The third-order valence-electron chi connectivity index (χ3n) is 8.69. The molecule has 17 nitrogen and oxygen atoms in total. The van der Waals surface area contributed by atoms with Gasteiger partial charge < -0.3 is 46.7 Å². The summed E-state index contributed by atoms with van der Waals surface area (Å²) in [5.74, 6) is -5.19. The van der Waals surface area contributed by atoms with E-state index in [2.05, 4.69) is 43.4 Å². The molecule has 0 saturated carbocycles. The molecule has 0 radical (unpaired) electrons. The van der Waals surface area contributed by atoms with Crippen molar-refractivity contribution >= 4 is 43.0 Å². The number of primary amides is 1. The number of amides is 6. The molecule has 6 amide bonds. The Bertz CT molecular complexity index is 1570. The second kappa shape index (κ2) is 22.6. The minimum atomic E-state index is -4.54. The molecule has 0 aliphatic carbocycles. The van der Waals surface area contributed by atoms with Crippen LogP contribution in [-0.4, -0.2) is 104 Å². The van der Waals surface area contributed by atoms with Crippen LogP contribution < -0.4 is 27.0 Å². The topological polar surface area (TPSA) is 266 Å². The van der Waals surface area contributed by atoms with Crippen LogP contribution in [0, 0.1) is 11.8 Å². The number of H-pyrrole nitrogens is 1. The van der Waals surface area contributed by atoms with Gasteiger partial charge in [0.25, 0.3) is 0 Å². The van der Waals surface area contributed by atoms with E-state index in [1.54, 1.807) is 0 Å². The smallest absolute Gasteiger partial charge is 0.325 e. The van der Waals surface area contributed by atoms with Crippen molar-refractivity contribution in [1.29, 1.82) is 0 Å². The second-order valence-corrected chi connectivity index (χ2v) is 15.8. The van der Waals surface area contributed by atoms with Crippen molar-refractivity contribution in [3.63, 3.8) is 0 Å². The molecule has 1 aromatic heterocycles. The van der Waals surface area contributed by atoms with E-state index in [1.165, 1.54) is 43.8 Å². The fourth-order valence-corrected chi connectivity index (χ4v) is 6.79. The van der Waals surface area contributed by atoms with Crippen molar-refractivity contribution in [3.05, 3.63) is 54.1 Å². The van der Waals surface area contributed by atoms with Crippen molar-refractivity contribution in [1.82, 2.24) is 36.1 Å². The molecule has 0 saturated heterocycles. The highest BCUT2D eigenvalue weighted by molar-refractivity contribution is 7.51. The number of nitrogens with one attached hydrogen (secondary N) is 5. The molecule has 5 unspecified atom stereocenters. The van der Waals surface area contributed by atoms with Crippen molar-refractivity contribution in [2.24, 2.45) is 17.6 Å². The summed E-state index contributed by atoms with van der Waals surface area (Å²) in [6.07, 6.45) is 6.85. The van der Waals surface area contributed by atoms with Crippen LogP contribution in [0.2, 0.25) is 0 Å². The number of carbonyl (C=O) groups excluding carboxylic acids is 6. The van der Waals surface area contributed by atoms with E-state index in [9.17, 15) is 43.1 Å². The van der Waals surface area contributed by atoms with Gasteiger partial charge in [-0.25, -0.2) is 4.98 Å². The Balaban J connectivity index is 2.06. The number of aromatic nitrogens is 2. The van der Waals surface area contributed by atoms with Gasteiger partial charge in [-0.2, -0.15) is 0 Å². The fourth-order valence-electron chi connectivity index (χ4n) is 5.82. The third-order valence-corrected chi connectivity index (χ3v) is 9.74. The van der Waals surface area contributed by atoms with Crippen LogP contribution in [0.1, 0.15) is 78.0 Å². The van der Waals surface area contributed by atoms with Gasteiger partial charge in [-0.3, -0.25) is 33.3 Å². The summed E-state index contributed by atoms with van der Waals surface area (Å²) in [4.78, 5) is 105. The van der Waals surface area contributed by atoms with Gasteiger partial charge in [-0.05, 0) is 50.0 Å². The van der Waals surface area contributed by atoms with Crippen molar-refractivity contribution < 1.29 is 43.1 Å². The zero-order valence-corrected chi connectivity index (χ0v) is 32.6. The Labute approximate surface area is 316 Å². The lowest BCUT2D eigenvalue weighted by Gasteiger charge is -2.27. The Morgan fingerprint density at radius 1 is 0.870 bits per heavy atom. The molecule has 1 heterocycles. The van der Waals surface area contributed by atoms with E-state index < -0.39 is 73.4 Å². The first-order valence-corrected chi connectivity index (χ1v) is 20.0. The quantitative estimate of drug-likeness (QED) is 0.0552. The molecule has 0 aliphatic heterocycles. The molecule has 0 fully saturated rings. The Morgan fingerprint density at radius 3 is 2.09 bits per heavy atom. The number of aromatic amines is 1. The Kier molecular flexibility index (Phi) is 19.0. The first-order chi connectivity index (χ1) is 25.4. The van der Waals surface area contributed by atoms with Crippen molar-refractivity contribution in [3.8, 4) is 0 Å². The number of hydrogen-bond donors (Lipinski definition) is 8. The molecule has 2 aromatic rings. The van der Waals surface area contributed by atoms with Gasteiger partial charge in [0, 0.05) is 31.8 Å². The lowest BCUT2D eigenvalue weighted by atomic mass is 10.0. The molecule has 5 atom stereocenters. The second-order valence-electron chi connectivity index (χ2n) is 14.1. The van der Waals surface area contributed by atoms with Crippen LogP contribution in [0.25, 0.3) is 0 Å². The van der Waals surface area contributed by atoms with Crippen LogP contribution in [0.5, 0.6) is 0 Å². The number of unbranched alkanes of at least 4 members (excludes halogenated alkanes) is 3. The third kappa shape index (κ3) is 17.5. The minimum absolute atomic E-state index is 0.0457. The van der Waals surface area contributed by atoms with E-state index in [1.807, 2.05) is 32.0 Å². The van der Waals surface area contributed by atoms with E-state index >= 15 is 0 Å². The van der Waals surface area contributed by atoms with Crippen LogP contribution in [0.15, 0.2) is 42.9 Å². The number of aryl methyl sites for hydroxylation is 1. The number of hydrogen-bond acceptors (Lipinski definition) is 8. The molecular weight excluding hydrogens is 719 g/mol. The molecule has 9 N–H and O–H groups in total. The lowest BCUT2D eigenvalue weighted by Crippen LogP contribution is -2.59. The van der Waals surface area contributed by atoms with Crippen LogP contribution in [-0.2, 0) is 46.2 Å². The average molecular weight is 777 g/mol. The standard InChI is InChI=1S/C36H57N8O9P/c1-23(2)17-29(41-31(46)20-44(26(5)45)16-12-7-6-9-13-27-14-10-8-11-15-27)36(50)42-30(18-28-19-38-22-39-28)35(49)40-25(4)34(48)43-32(33(37)47)24(3)21-54(51,52)53/h8,10-11,14-15,19,22-25,29-30,32H,6-7,9,12-13,16-18,20-21H2,1-5H3,(H2,37,47)(H,38,39)(H,40,49)(H,41,46)(H,42,50)(H,43,48)(H2,51,52,53). The molecule has 0 spiro atoms. The lowest BCUT2D eigenvalue weighted by molar-refractivity contribution is -0.136. The van der Waals surface area contributed by atoms with Gasteiger partial charge >= 0.3 is 7.60 Å². The Hall–Kier alpha value is -4.60. The number of carbonyl (C=O) groups is 6. The van der Waals surface area contributed by atoms with Crippen molar-refractivity contribution in [2.75, 3.05) is 19.3 Å². The monoisotopic (exact) mass is 776 g/mol. The zero-order valence-electron chi connectivity index (χ0n) is 31.7. The summed E-state index contributed by atoms with van der Waals surface area (Å²) < 4.78 is 11.5. The predicted octanol–water partition coefficient (Wildman–Crippen LogP) is 0.908. The van der Waals surface area contributed by atoms with E-state index in [0.717, 1.165) is 25.7 Å². The maximum absolute atomic E-state index is 13.7. The molecule has 18 heteroatoms. The number of rotatable bonds is 24. The molecule has 2 rings (SSSR count). The van der Waals surface area contributed by atoms with Crippen LogP contribution >= 0.6 is 7.60 Å². The number of nitrogens with zero attached hydrogens (tertiary/aromatic N) is 2. The van der Waals surface area contributed by atoms with Gasteiger partial charge in [-0.15, -0.1) is 0 Å². The summed E-state index contributed by atoms with van der Waals surface area (Å²) in [6.45, 7) is 7.91. The fraction of sp³-hybridized carbons (Fsp3) is 0.583. The van der Waals surface area contributed by atoms with Crippen LogP contribution in [0.4, 0.5) is 0 Å². The maximum Gasteiger partial charge on any atom is 0.325 e. The molecule has 0 bridgehead atoms. The average Bonchev–Trinajstić information content (AvgIpc) is 3.59. The van der Waals surface area contributed by atoms with Gasteiger partial charge in [0.1, 0.15) is 24.2 Å². The molecule has 1 aromatic carbocycles. The van der Waals surface area contributed by atoms with E-state index in [4.69, 9.17) is 5.73 Å². The predicted molar refractivity (Wildman–Crippen MR) is 201 cm³/mol. The first-order valence-electron chi connectivity index (χ1n) is 18.2. The van der Waals surface area contributed by atoms with Gasteiger partial charge in [0.15, 0.2) is 0 Å². The summed E-state index contributed by atoms with van der Waals surface area (Å²) in [5.41, 5.74) is 7.13. The highest BCUT2D eigenvalue weighted by Crippen LogP contribution is 2.37. The molecule has 54 heavy (non-hydrogen) atoms. The molecule has 300 valence electrons. The zero-order chi connectivity index (χ0) is 40.4. The van der Waals surface area contributed by atoms with E-state index in [-0.39, 0.29) is 31.2 Å². The maximum atomic E-state index is 13.7. The molecule has 0 aliphatic rings. The first kappa shape index (κ1) is 45.6. The molecular formula is C36H57N8O9P. The van der Waals surface area contributed by atoms with Crippen molar-refractivity contribution in [2.45, 2.75) is 104 Å². The minimum Gasteiger partial charge on any atom is -0.368 e. The SMILES string of the molecule is CC(=O)N(CCCCCCc1ccccc1)CC(=O)NC(CC(C)C)C(=O)NC(Cc1cnc[nH]1)C(=O)NC(C)C(=O)NC(C(N)=O)C(C)CP(=O)(O)O. The number of imidazole rings is 1. The van der Waals surface area contributed by atoms with Crippen LogP contribution in [0.3, 0.4) is 0 Å². The van der Waals surface area contributed by atoms with E-state index in [0.29, 0.717) is 18.7 Å². The highest BCUT2D eigenvalue weighted by atomic mass is 31.2. The number of nitrogens with two attached hydrogens (primary N) is 1. The summed E-state index contributed by atoms with van der Waals surface area (Å²) in [5, 5.41) is 10.2. The van der Waals surface area contributed by atoms with Gasteiger partial charge in [-0.1, -0.05) is 63.9 Å². The largest absolute Gasteiger partial charge is 0.368 e. The Morgan fingerprint density at radius 2 is 1.52 bits per heavy atom. The van der Waals surface area contributed by atoms with Gasteiger partial charge in [0.2, 0.25) is 35.4 Å². The normalized spacial score (nSPS) is 14.2. The number of benzene rings is 1. The summed E-state index contributed by atoms with van der Waals surface area (Å²) in [7, 11) is -4.54. The summed E-state index contributed by atoms with van der Waals surface area (Å²) >= 11 is 0. The van der Waals surface area contributed by atoms with Gasteiger partial charge in [0.05, 0.1) is 19.0 Å². The summed E-state index contributed by atoms with van der Waals surface area (Å²) in [6, 6.07) is 5.17. The highest BCUT2D eigenvalue weighted by Gasteiger charge is 2.33.